The third kappa shape index (κ3) is 2.48. The van der Waals surface area contributed by atoms with Gasteiger partial charge in [-0.15, -0.1) is 0 Å². The molecule has 108 valence electrons. The zero-order valence-corrected chi connectivity index (χ0v) is 11.6. The van der Waals surface area contributed by atoms with Gasteiger partial charge in [-0.05, 0) is 12.8 Å². The lowest BCUT2D eigenvalue weighted by Gasteiger charge is -2.15. The van der Waals surface area contributed by atoms with Gasteiger partial charge in [-0.1, -0.05) is 0 Å². The normalized spacial score (nSPS) is 21.2. The fraction of sp³-hybridized carbons (Fsp3) is 0.615. The largest absolute Gasteiger partial charge is 0.356 e. The van der Waals surface area contributed by atoms with Gasteiger partial charge in [0.15, 0.2) is 0 Å². The Morgan fingerprint density at radius 2 is 2.30 bits per heavy atom. The van der Waals surface area contributed by atoms with Gasteiger partial charge in [0.25, 0.3) is 5.91 Å². The van der Waals surface area contributed by atoms with Crippen LogP contribution in [-0.4, -0.2) is 51.9 Å². The molecule has 1 aromatic rings. The molecule has 3 heterocycles. The van der Waals surface area contributed by atoms with Crippen molar-refractivity contribution in [2.24, 2.45) is 0 Å². The number of amides is 2. The number of nitrogens with one attached hydrogen (secondary N) is 2. The van der Waals surface area contributed by atoms with E-state index >= 15 is 0 Å². The number of hydrogen-bond acceptors (Lipinski definition) is 4. The van der Waals surface area contributed by atoms with E-state index in [2.05, 4.69) is 15.6 Å². The number of aromatic nitrogens is 2. The van der Waals surface area contributed by atoms with Crippen LogP contribution >= 0.6 is 0 Å². The van der Waals surface area contributed by atoms with Crippen LogP contribution in [0.25, 0.3) is 0 Å². The number of fused-ring (bicyclic) bond motifs is 1. The molecule has 7 nitrogen and oxygen atoms in total. The summed E-state index contributed by atoms with van der Waals surface area (Å²) in [6, 6.07) is 0.0619. The second kappa shape index (κ2) is 5.15. The van der Waals surface area contributed by atoms with Crippen molar-refractivity contribution in [1.82, 2.24) is 19.8 Å². The van der Waals surface area contributed by atoms with Gasteiger partial charge in [0.2, 0.25) is 11.9 Å². The number of likely N-dealkylation sites (tertiary alicyclic amines) is 1. The number of anilines is 1. The zero-order valence-electron chi connectivity index (χ0n) is 11.6. The number of rotatable bonds is 2. The number of imidazole rings is 1. The van der Waals surface area contributed by atoms with Crippen LogP contribution in [0.15, 0.2) is 6.20 Å². The van der Waals surface area contributed by atoms with Gasteiger partial charge in [-0.25, -0.2) is 4.98 Å². The Labute approximate surface area is 117 Å². The molecule has 0 bridgehead atoms. The van der Waals surface area contributed by atoms with Crippen molar-refractivity contribution in [1.29, 1.82) is 0 Å². The molecule has 0 saturated carbocycles. The Morgan fingerprint density at radius 1 is 1.45 bits per heavy atom. The molecule has 2 N–H and O–H groups in total. The van der Waals surface area contributed by atoms with Gasteiger partial charge in [0, 0.05) is 45.3 Å². The van der Waals surface area contributed by atoms with Crippen molar-refractivity contribution in [2.45, 2.75) is 32.4 Å². The summed E-state index contributed by atoms with van der Waals surface area (Å²) in [5.74, 6) is 0.671. The van der Waals surface area contributed by atoms with E-state index in [0.717, 1.165) is 31.9 Å². The average Bonchev–Trinajstić information content (AvgIpc) is 3.03. The highest BCUT2D eigenvalue weighted by atomic mass is 16.2. The third-order valence-corrected chi connectivity index (χ3v) is 3.74. The number of nitrogens with zero attached hydrogens (tertiary/aromatic N) is 3. The lowest BCUT2D eigenvalue weighted by molar-refractivity contribution is -0.119. The van der Waals surface area contributed by atoms with Crippen molar-refractivity contribution >= 4 is 17.8 Å². The van der Waals surface area contributed by atoms with Gasteiger partial charge in [0.05, 0.1) is 0 Å². The molecule has 0 aliphatic carbocycles. The fourth-order valence-electron chi connectivity index (χ4n) is 2.79. The van der Waals surface area contributed by atoms with Crippen LogP contribution in [0.2, 0.25) is 0 Å². The van der Waals surface area contributed by atoms with Gasteiger partial charge < -0.3 is 20.1 Å². The molecule has 2 amide bonds. The molecule has 1 atom stereocenters. The Morgan fingerprint density at radius 3 is 3.05 bits per heavy atom. The molecule has 1 fully saturated rings. The summed E-state index contributed by atoms with van der Waals surface area (Å²) in [6.45, 7) is 4.53. The highest BCUT2D eigenvalue weighted by Crippen LogP contribution is 2.18. The predicted octanol–water partition coefficient (Wildman–Crippen LogP) is 0.0493. The van der Waals surface area contributed by atoms with Crippen LogP contribution < -0.4 is 10.6 Å². The summed E-state index contributed by atoms with van der Waals surface area (Å²) in [6.07, 6.45) is 3.66. The quantitative estimate of drug-likeness (QED) is 0.800. The Kier molecular flexibility index (Phi) is 3.33. The van der Waals surface area contributed by atoms with E-state index in [1.807, 2.05) is 10.8 Å². The minimum atomic E-state index is -0.0541. The number of carbonyl (C=O) groups excluding carboxylic acids is 2. The second-order valence-electron chi connectivity index (χ2n) is 5.36. The monoisotopic (exact) mass is 277 g/mol. The molecule has 2 aliphatic rings. The highest BCUT2D eigenvalue weighted by molar-refractivity contribution is 5.93. The second-order valence-corrected chi connectivity index (χ2v) is 5.36. The van der Waals surface area contributed by atoms with E-state index < -0.39 is 0 Å². The van der Waals surface area contributed by atoms with E-state index in [4.69, 9.17) is 0 Å². The predicted molar refractivity (Wildman–Crippen MR) is 73.5 cm³/mol. The first-order chi connectivity index (χ1) is 9.63. The van der Waals surface area contributed by atoms with Crippen molar-refractivity contribution in [3.05, 3.63) is 11.9 Å². The summed E-state index contributed by atoms with van der Waals surface area (Å²) in [5.41, 5.74) is 0.484. The zero-order chi connectivity index (χ0) is 14.1. The highest BCUT2D eigenvalue weighted by Gasteiger charge is 2.29. The van der Waals surface area contributed by atoms with Gasteiger partial charge in [-0.3, -0.25) is 9.59 Å². The first-order valence-corrected chi connectivity index (χ1v) is 7.01. The molecular weight excluding hydrogens is 258 g/mol. The topological polar surface area (TPSA) is 79.3 Å². The minimum absolute atomic E-state index is 0.0500. The van der Waals surface area contributed by atoms with E-state index in [0.29, 0.717) is 18.8 Å². The number of carbonyl (C=O) groups is 2. The van der Waals surface area contributed by atoms with Crippen molar-refractivity contribution < 1.29 is 9.59 Å². The van der Waals surface area contributed by atoms with E-state index in [1.54, 1.807) is 4.90 Å². The molecule has 3 rings (SSSR count). The Hall–Kier alpha value is -2.05. The molecule has 1 saturated heterocycles. The first-order valence-electron chi connectivity index (χ1n) is 7.01. The van der Waals surface area contributed by atoms with Crippen molar-refractivity contribution in [3.63, 3.8) is 0 Å². The smallest absolute Gasteiger partial charge is 0.274 e. The molecule has 2 aliphatic heterocycles. The fourth-order valence-corrected chi connectivity index (χ4v) is 2.79. The summed E-state index contributed by atoms with van der Waals surface area (Å²) >= 11 is 0. The van der Waals surface area contributed by atoms with Gasteiger partial charge in [0.1, 0.15) is 5.69 Å². The van der Waals surface area contributed by atoms with Crippen LogP contribution in [0.3, 0.4) is 0 Å². The van der Waals surface area contributed by atoms with E-state index in [-0.39, 0.29) is 17.9 Å². The molecule has 1 aromatic heterocycles. The number of aryl methyl sites for hydroxylation is 1. The average molecular weight is 277 g/mol. The maximum Gasteiger partial charge on any atom is 0.274 e. The standard InChI is InChI=1S/C13H19N5O2/c1-9(19)15-10-3-6-17(7-10)12(20)11-8-18-5-2-4-14-13(18)16-11/h8,10H,2-7H2,1H3,(H,14,16)(H,15,19). The summed E-state index contributed by atoms with van der Waals surface area (Å²) < 4.78 is 1.98. The minimum Gasteiger partial charge on any atom is -0.356 e. The van der Waals surface area contributed by atoms with Gasteiger partial charge >= 0.3 is 0 Å². The molecule has 20 heavy (non-hydrogen) atoms. The SMILES string of the molecule is CC(=O)NC1CCN(C(=O)c2cn3c(n2)NCCC3)C1. The third-order valence-electron chi connectivity index (χ3n) is 3.74. The first kappa shape index (κ1) is 13.0. The van der Waals surface area contributed by atoms with Crippen LogP contribution in [0.4, 0.5) is 5.95 Å². The van der Waals surface area contributed by atoms with Crippen molar-refractivity contribution in [3.8, 4) is 0 Å². The van der Waals surface area contributed by atoms with Crippen LogP contribution in [0.1, 0.15) is 30.3 Å². The molecular formula is C13H19N5O2. The van der Waals surface area contributed by atoms with E-state index in [9.17, 15) is 9.59 Å². The summed E-state index contributed by atoms with van der Waals surface area (Å²) in [5, 5.41) is 6.04. The maximum absolute atomic E-state index is 12.4. The van der Waals surface area contributed by atoms with Crippen LogP contribution in [0.5, 0.6) is 0 Å². The van der Waals surface area contributed by atoms with E-state index in [1.165, 1.54) is 6.92 Å². The van der Waals surface area contributed by atoms with Gasteiger partial charge in [-0.2, -0.15) is 0 Å². The summed E-state index contributed by atoms with van der Waals surface area (Å²) in [4.78, 5) is 29.6. The summed E-state index contributed by atoms with van der Waals surface area (Å²) in [7, 11) is 0. The molecule has 0 radical (unpaired) electrons. The maximum atomic E-state index is 12.4. The molecule has 7 heteroatoms. The molecule has 1 unspecified atom stereocenters. The Balaban J connectivity index is 1.67. The number of hydrogen-bond donors (Lipinski definition) is 2. The van der Waals surface area contributed by atoms with Crippen LogP contribution in [0, 0.1) is 0 Å². The molecule has 0 aromatic carbocycles. The van der Waals surface area contributed by atoms with Crippen LogP contribution in [-0.2, 0) is 11.3 Å². The lowest BCUT2D eigenvalue weighted by atomic mass is 10.2. The molecule has 0 spiro atoms. The van der Waals surface area contributed by atoms with Crippen molar-refractivity contribution in [2.75, 3.05) is 25.0 Å². The lowest BCUT2D eigenvalue weighted by Crippen LogP contribution is -2.37. The Bertz CT molecular complexity index is 515.